The molecule has 0 saturated carbocycles. The van der Waals surface area contributed by atoms with E-state index in [1.54, 1.807) is 24.0 Å². The first-order chi connectivity index (χ1) is 12.2. The molecule has 0 aliphatic carbocycles. The number of nitrogens with zero attached hydrogens (tertiary/aromatic N) is 3. The van der Waals surface area contributed by atoms with Gasteiger partial charge in [0, 0.05) is 56.1 Å². The standard InChI is InChI=1S/C19H22N4O2/c1-22-10-8-20-18(19(22)24)23-9-4-5-15(12-23)21-11-14-13-25-17-7-3-2-6-16(14)17/h2-3,6-8,10,13,15,21H,4-5,9,11-12H2,1H3. The molecule has 130 valence electrons. The van der Waals surface area contributed by atoms with E-state index in [4.69, 9.17) is 4.42 Å². The summed E-state index contributed by atoms with van der Waals surface area (Å²) in [7, 11) is 1.76. The van der Waals surface area contributed by atoms with Gasteiger partial charge in [-0.2, -0.15) is 0 Å². The molecular formula is C19H22N4O2. The largest absolute Gasteiger partial charge is 0.464 e. The zero-order valence-corrected chi connectivity index (χ0v) is 14.3. The van der Waals surface area contributed by atoms with Crippen LogP contribution in [0.25, 0.3) is 11.0 Å². The van der Waals surface area contributed by atoms with Crippen molar-refractivity contribution in [1.29, 1.82) is 0 Å². The van der Waals surface area contributed by atoms with Crippen LogP contribution >= 0.6 is 0 Å². The second-order valence-electron chi connectivity index (χ2n) is 6.59. The van der Waals surface area contributed by atoms with E-state index >= 15 is 0 Å². The summed E-state index contributed by atoms with van der Waals surface area (Å²) in [6.07, 6.45) is 7.34. The number of piperidine rings is 1. The Morgan fingerprint density at radius 2 is 2.24 bits per heavy atom. The Bertz CT molecular complexity index is 930. The Labute approximate surface area is 146 Å². The number of fused-ring (bicyclic) bond motifs is 1. The molecule has 1 fully saturated rings. The predicted octanol–water partition coefficient (Wildman–Crippen LogP) is 2.29. The number of furan rings is 1. The Morgan fingerprint density at radius 1 is 1.36 bits per heavy atom. The van der Waals surface area contributed by atoms with Crippen molar-refractivity contribution in [2.24, 2.45) is 7.05 Å². The normalized spacial score (nSPS) is 18.0. The number of aromatic nitrogens is 2. The third-order valence-electron chi connectivity index (χ3n) is 4.86. The zero-order chi connectivity index (χ0) is 17.2. The van der Waals surface area contributed by atoms with Crippen LogP contribution in [0.5, 0.6) is 0 Å². The van der Waals surface area contributed by atoms with Gasteiger partial charge >= 0.3 is 0 Å². The number of benzene rings is 1. The summed E-state index contributed by atoms with van der Waals surface area (Å²) in [4.78, 5) is 18.7. The highest BCUT2D eigenvalue weighted by atomic mass is 16.3. The average molecular weight is 338 g/mol. The molecule has 1 aromatic carbocycles. The fraction of sp³-hybridized carbons (Fsp3) is 0.368. The van der Waals surface area contributed by atoms with Gasteiger partial charge in [0.1, 0.15) is 5.58 Å². The second-order valence-corrected chi connectivity index (χ2v) is 6.59. The molecule has 0 amide bonds. The molecule has 1 saturated heterocycles. The van der Waals surface area contributed by atoms with E-state index in [1.165, 1.54) is 5.56 Å². The highest BCUT2D eigenvalue weighted by molar-refractivity contribution is 5.80. The minimum Gasteiger partial charge on any atom is -0.464 e. The topological polar surface area (TPSA) is 63.3 Å². The highest BCUT2D eigenvalue weighted by Crippen LogP contribution is 2.21. The lowest BCUT2D eigenvalue weighted by molar-refractivity contribution is 0.418. The quantitative estimate of drug-likeness (QED) is 0.791. The van der Waals surface area contributed by atoms with Crippen LogP contribution in [0.2, 0.25) is 0 Å². The van der Waals surface area contributed by atoms with Crippen molar-refractivity contribution in [1.82, 2.24) is 14.9 Å². The van der Waals surface area contributed by atoms with E-state index < -0.39 is 0 Å². The van der Waals surface area contributed by atoms with Gasteiger partial charge in [0.25, 0.3) is 5.56 Å². The Morgan fingerprint density at radius 3 is 3.16 bits per heavy atom. The van der Waals surface area contributed by atoms with Crippen LogP contribution in [0.1, 0.15) is 18.4 Å². The molecule has 25 heavy (non-hydrogen) atoms. The molecule has 4 rings (SSSR count). The molecule has 0 radical (unpaired) electrons. The minimum atomic E-state index is -0.0380. The van der Waals surface area contributed by atoms with Gasteiger partial charge in [-0.1, -0.05) is 18.2 Å². The lowest BCUT2D eigenvalue weighted by Gasteiger charge is -2.33. The van der Waals surface area contributed by atoms with E-state index in [0.717, 1.165) is 43.4 Å². The Kier molecular flexibility index (Phi) is 4.28. The number of anilines is 1. The van der Waals surface area contributed by atoms with Crippen molar-refractivity contribution in [2.45, 2.75) is 25.4 Å². The van der Waals surface area contributed by atoms with Gasteiger partial charge in [-0.15, -0.1) is 0 Å². The lowest BCUT2D eigenvalue weighted by Crippen LogP contribution is -2.47. The van der Waals surface area contributed by atoms with Gasteiger partial charge in [-0.3, -0.25) is 4.79 Å². The van der Waals surface area contributed by atoms with Crippen LogP contribution in [0.3, 0.4) is 0 Å². The van der Waals surface area contributed by atoms with E-state index in [0.29, 0.717) is 11.9 Å². The first-order valence-electron chi connectivity index (χ1n) is 8.67. The molecule has 0 spiro atoms. The maximum Gasteiger partial charge on any atom is 0.293 e. The fourth-order valence-electron chi connectivity index (χ4n) is 3.46. The summed E-state index contributed by atoms with van der Waals surface area (Å²) in [6, 6.07) is 8.41. The Balaban J connectivity index is 1.45. The molecule has 1 unspecified atom stereocenters. The summed E-state index contributed by atoms with van der Waals surface area (Å²) in [5, 5.41) is 4.77. The van der Waals surface area contributed by atoms with Crippen molar-refractivity contribution >= 4 is 16.8 Å². The second kappa shape index (κ2) is 6.72. The minimum absolute atomic E-state index is 0.0380. The summed E-state index contributed by atoms with van der Waals surface area (Å²) in [6.45, 7) is 2.43. The van der Waals surface area contributed by atoms with Gasteiger partial charge < -0.3 is 19.2 Å². The number of nitrogens with one attached hydrogen (secondary N) is 1. The monoisotopic (exact) mass is 338 g/mol. The fourth-order valence-corrected chi connectivity index (χ4v) is 3.46. The molecule has 6 nitrogen and oxygen atoms in total. The van der Waals surface area contributed by atoms with Crippen molar-refractivity contribution in [3.63, 3.8) is 0 Å². The maximum atomic E-state index is 12.3. The summed E-state index contributed by atoms with van der Waals surface area (Å²) in [5.74, 6) is 0.547. The molecule has 1 N–H and O–H groups in total. The molecule has 3 aromatic rings. The smallest absolute Gasteiger partial charge is 0.293 e. The lowest BCUT2D eigenvalue weighted by atomic mass is 10.1. The predicted molar refractivity (Wildman–Crippen MR) is 97.8 cm³/mol. The van der Waals surface area contributed by atoms with E-state index in [9.17, 15) is 4.79 Å². The first kappa shape index (κ1) is 15.9. The number of hydrogen-bond donors (Lipinski definition) is 1. The van der Waals surface area contributed by atoms with E-state index in [-0.39, 0.29) is 5.56 Å². The van der Waals surface area contributed by atoms with Gasteiger partial charge in [-0.25, -0.2) is 4.98 Å². The molecular weight excluding hydrogens is 316 g/mol. The summed E-state index contributed by atoms with van der Waals surface area (Å²) >= 11 is 0. The van der Waals surface area contributed by atoms with Crippen LogP contribution < -0.4 is 15.8 Å². The van der Waals surface area contributed by atoms with Crippen LogP contribution in [-0.4, -0.2) is 28.7 Å². The third-order valence-corrected chi connectivity index (χ3v) is 4.86. The van der Waals surface area contributed by atoms with E-state index in [2.05, 4.69) is 21.3 Å². The van der Waals surface area contributed by atoms with Crippen LogP contribution in [0.4, 0.5) is 5.82 Å². The Hall–Kier alpha value is -2.60. The molecule has 0 bridgehead atoms. The van der Waals surface area contributed by atoms with Crippen molar-refractivity contribution in [2.75, 3.05) is 18.0 Å². The number of rotatable bonds is 4. The molecule has 6 heteroatoms. The third kappa shape index (κ3) is 3.17. The van der Waals surface area contributed by atoms with Crippen LogP contribution in [-0.2, 0) is 13.6 Å². The molecule has 2 aromatic heterocycles. The van der Waals surface area contributed by atoms with Gasteiger partial charge in [-0.05, 0) is 18.9 Å². The summed E-state index contributed by atoms with van der Waals surface area (Å²) in [5.41, 5.74) is 2.05. The zero-order valence-electron chi connectivity index (χ0n) is 14.3. The van der Waals surface area contributed by atoms with Gasteiger partial charge in [0.15, 0.2) is 5.82 Å². The maximum absolute atomic E-state index is 12.3. The molecule has 1 aliphatic heterocycles. The van der Waals surface area contributed by atoms with E-state index in [1.807, 2.05) is 24.5 Å². The summed E-state index contributed by atoms with van der Waals surface area (Å²) < 4.78 is 7.18. The number of hydrogen-bond acceptors (Lipinski definition) is 5. The van der Waals surface area contributed by atoms with Gasteiger partial charge in [0.05, 0.1) is 6.26 Å². The van der Waals surface area contributed by atoms with Crippen molar-refractivity contribution in [3.8, 4) is 0 Å². The number of para-hydroxylation sites is 1. The molecule has 1 atom stereocenters. The molecule has 3 heterocycles. The highest BCUT2D eigenvalue weighted by Gasteiger charge is 2.23. The first-order valence-corrected chi connectivity index (χ1v) is 8.67. The van der Waals surface area contributed by atoms with Crippen molar-refractivity contribution in [3.05, 3.63) is 58.8 Å². The van der Waals surface area contributed by atoms with Crippen molar-refractivity contribution < 1.29 is 4.42 Å². The SMILES string of the molecule is Cn1ccnc(N2CCCC(NCc3coc4ccccc34)C2)c1=O. The molecule has 1 aliphatic rings. The van der Waals surface area contributed by atoms with Gasteiger partial charge in [0.2, 0.25) is 0 Å². The number of aryl methyl sites for hydroxylation is 1. The van der Waals surface area contributed by atoms with Crippen LogP contribution in [0, 0.1) is 0 Å². The average Bonchev–Trinajstić information content (AvgIpc) is 3.06. The van der Waals surface area contributed by atoms with Crippen LogP contribution in [0.15, 0.2) is 52.1 Å².